The number of para-hydroxylation sites is 1. The summed E-state index contributed by atoms with van der Waals surface area (Å²) in [5, 5.41) is 19.9. The molecule has 18 heavy (non-hydrogen) atoms. The first-order chi connectivity index (χ1) is 8.12. The van der Waals surface area contributed by atoms with Crippen molar-refractivity contribution >= 4 is 11.6 Å². The Bertz CT molecular complexity index is 514. The standard InChI is InChI=1S/C10H7F4NO3/c11-8(9(17,18)10(12,13)14)5-3-1-2-4-6(5)15-7(8)16/h1-4,17-18H,(H,15,16). The molecule has 98 valence electrons. The van der Waals surface area contributed by atoms with E-state index >= 15 is 0 Å². The lowest BCUT2D eigenvalue weighted by Gasteiger charge is -2.33. The molecule has 1 amide bonds. The van der Waals surface area contributed by atoms with Crippen LogP contribution in [0.2, 0.25) is 0 Å². The molecule has 0 bridgehead atoms. The van der Waals surface area contributed by atoms with Crippen LogP contribution < -0.4 is 5.32 Å². The van der Waals surface area contributed by atoms with Gasteiger partial charge in [-0.25, -0.2) is 4.39 Å². The number of carbonyl (C=O) groups is 1. The number of anilines is 1. The molecule has 1 aromatic rings. The molecule has 0 fully saturated rings. The number of fused-ring (bicyclic) bond motifs is 1. The summed E-state index contributed by atoms with van der Waals surface area (Å²) in [6.45, 7) is 0. The van der Waals surface area contributed by atoms with Crippen LogP contribution in [0, 0.1) is 0 Å². The van der Waals surface area contributed by atoms with E-state index in [9.17, 15) is 22.4 Å². The Morgan fingerprint density at radius 1 is 1.17 bits per heavy atom. The van der Waals surface area contributed by atoms with E-state index in [2.05, 4.69) is 0 Å². The van der Waals surface area contributed by atoms with Gasteiger partial charge >= 0.3 is 12.0 Å². The lowest BCUT2D eigenvalue weighted by Crippen LogP contribution is -2.61. The van der Waals surface area contributed by atoms with Gasteiger partial charge in [0, 0.05) is 11.3 Å². The first kappa shape index (κ1) is 12.8. The number of carbonyl (C=O) groups excluding carboxylic acids is 1. The average molecular weight is 265 g/mol. The summed E-state index contributed by atoms with van der Waals surface area (Å²) in [6, 6.07) is 4.57. The second-order valence-corrected chi connectivity index (χ2v) is 3.83. The zero-order valence-corrected chi connectivity index (χ0v) is 8.62. The molecule has 1 aliphatic heterocycles. The maximum atomic E-state index is 14.3. The van der Waals surface area contributed by atoms with Crippen molar-refractivity contribution in [2.75, 3.05) is 5.32 Å². The Labute approximate surface area is 97.8 Å². The van der Waals surface area contributed by atoms with Crippen molar-refractivity contribution in [2.24, 2.45) is 0 Å². The van der Waals surface area contributed by atoms with Gasteiger partial charge in [0.2, 0.25) is 0 Å². The molecule has 8 heteroatoms. The molecule has 1 aromatic carbocycles. The largest absolute Gasteiger partial charge is 0.447 e. The maximum Gasteiger partial charge on any atom is 0.447 e. The van der Waals surface area contributed by atoms with Crippen LogP contribution in [0.5, 0.6) is 0 Å². The molecule has 0 saturated carbocycles. The van der Waals surface area contributed by atoms with Crippen molar-refractivity contribution in [3.63, 3.8) is 0 Å². The number of benzene rings is 1. The van der Waals surface area contributed by atoms with Crippen molar-refractivity contribution in [1.29, 1.82) is 0 Å². The van der Waals surface area contributed by atoms with Crippen LogP contribution in [0.25, 0.3) is 0 Å². The van der Waals surface area contributed by atoms with Crippen molar-refractivity contribution in [3.8, 4) is 0 Å². The van der Waals surface area contributed by atoms with E-state index in [4.69, 9.17) is 10.2 Å². The molecule has 0 aliphatic carbocycles. The third-order valence-corrected chi connectivity index (χ3v) is 2.73. The van der Waals surface area contributed by atoms with Crippen molar-refractivity contribution in [3.05, 3.63) is 29.8 Å². The zero-order valence-electron chi connectivity index (χ0n) is 8.62. The minimum absolute atomic E-state index is 0.235. The third kappa shape index (κ3) is 1.36. The first-order valence-electron chi connectivity index (χ1n) is 4.73. The topological polar surface area (TPSA) is 69.6 Å². The van der Waals surface area contributed by atoms with Gasteiger partial charge in [0.05, 0.1) is 0 Å². The van der Waals surface area contributed by atoms with E-state index in [1.165, 1.54) is 12.1 Å². The SMILES string of the molecule is O=C1Nc2ccccc2C1(F)C(O)(O)C(F)(F)F. The van der Waals surface area contributed by atoms with Gasteiger partial charge in [-0.1, -0.05) is 18.2 Å². The van der Waals surface area contributed by atoms with Gasteiger partial charge < -0.3 is 15.5 Å². The fourth-order valence-electron chi connectivity index (χ4n) is 1.76. The van der Waals surface area contributed by atoms with Gasteiger partial charge in [0.15, 0.2) is 0 Å². The second-order valence-electron chi connectivity index (χ2n) is 3.83. The number of alkyl halides is 4. The number of rotatable bonds is 1. The highest BCUT2D eigenvalue weighted by atomic mass is 19.4. The summed E-state index contributed by atoms with van der Waals surface area (Å²) in [4.78, 5) is 11.3. The van der Waals surface area contributed by atoms with E-state index in [1.807, 2.05) is 5.32 Å². The van der Waals surface area contributed by atoms with Gasteiger partial charge in [-0.3, -0.25) is 4.79 Å². The Balaban J connectivity index is 2.66. The minimum atomic E-state index is -5.73. The molecule has 3 N–H and O–H groups in total. The van der Waals surface area contributed by atoms with E-state index in [0.29, 0.717) is 0 Å². The number of amides is 1. The molecule has 0 spiro atoms. The summed E-state index contributed by atoms with van der Waals surface area (Å²) < 4.78 is 51.8. The predicted molar refractivity (Wildman–Crippen MR) is 51.1 cm³/mol. The van der Waals surface area contributed by atoms with Crippen molar-refractivity contribution in [1.82, 2.24) is 0 Å². The monoisotopic (exact) mass is 265 g/mol. The van der Waals surface area contributed by atoms with Crippen molar-refractivity contribution < 1.29 is 32.6 Å². The van der Waals surface area contributed by atoms with Crippen LogP contribution in [0.3, 0.4) is 0 Å². The molecule has 1 aliphatic rings. The lowest BCUT2D eigenvalue weighted by molar-refractivity contribution is -0.386. The minimum Gasteiger partial charge on any atom is -0.355 e. The second kappa shape index (κ2) is 3.42. The van der Waals surface area contributed by atoms with E-state index < -0.39 is 29.1 Å². The summed E-state index contributed by atoms with van der Waals surface area (Å²) in [6.07, 6.45) is -5.73. The number of halogens is 4. The van der Waals surface area contributed by atoms with E-state index in [1.54, 1.807) is 0 Å². The Morgan fingerprint density at radius 3 is 2.28 bits per heavy atom. The fourth-order valence-corrected chi connectivity index (χ4v) is 1.76. The van der Waals surface area contributed by atoms with Crippen LogP contribution in [0.1, 0.15) is 5.56 Å². The number of nitrogens with one attached hydrogen (secondary N) is 1. The molecule has 4 nitrogen and oxygen atoms in total. The molecule has 2 rings (SSSR count). The lowest BCUT2D eigenvalue weighted by atomic mass is 9.88. The summed E-state index contributed by atoms with van der Waals surface area (Å²) in [5.74, 6) is -6.58. The number of aliphatic hydroxyl groups is 2. The molecular weight excluding hydrogens is 258 g/mol. The summed E-state index contributed by atoms with van der Waals surface area (Å²) >= 11 is 0. The van der Waals surface area contributed by atoms with Crippen molar-refractivity contribution in [2.45, 2.75) is 17.6 Å². The molecule has 1 heterocycles. The van der Waals surface area contributed by atoms with Gasteiger partial charge in [-0.05, 0) is 6.07 Å². The van der Waals surface area contributed by atoms with Crippen LogP contribution in [0.4, 0.5) is 23.2 Å². The summed E-state index contributed by atoms with van der Waals surface area (Å²) in [7, 11) is 0. The quantitative estimate of drug-likeness (QED) is 0.525. The fraction of sp³-hybridized carbons (Fsp3) is 0.300. The van der Waals surface area contributed by atoms with Gasteiger partial charge in [0.25, 0.3) is 11.6 Å². The number of hydrogen-bond acceptors (Lipinski definition) is 3. The third-order valence-electron chi connectivity index (χ3n) is 2.73. The smallest absolute Gasteiger partial charge is 0.355 e. The highest BCUT2D eigenvalue weighted by Crippen LogP contribution is 2.50. The highest BCUT2D eigenvalue weighted by Gasteiger charge is 2.73. The van der Waals surface area contributed by atoms with Crippen LogP contribution in [-0.2, 0) is 10.5 Å². The number of hydrogen-bond donors (Lipinski definition) is 3. The van der Waals surface area contributed by atoms with Gasteiger partial charge in [0.1, 0.15) is 0 Å². The molecular formula is C10H7F4NO3. The Morgan fingerprint density at radius 2 is 1.72 bits per heavy atom. The highest BCUT2D eigenvalue weighted by molar-refractivity contribution is 6.05. The molecule has 0 aromatic heterocycles. The Hall–Kier alpha value is -1.67. The zero-order chi connectivity index (χ0) is 13.8. The molecule has 0 saturated heterocycles. The van der Waals surface area contributed by atoms with Gasteiger partial charge in [-0.15, -0.1) is 0 Å². The molecule has 1 atom stereocenters. The van der Waals surface area contributed by atoms with E-state index in [0.717, 1.165) is 12.1 Å². The van der Waals surface area contributed by atoms with Crippen LogP contribution in [0.15, 0.2) is 24.3 Å². The Kier molecular flexibility index (Phi) is 2.43. The maximum absolute atomic E-state index is 14.3. The normalized spacial score (nSPS) is 23.8. The van der Waals surface area contributed by atoms with E-state index in [-0.39, 0.29) is 5.69 Å². The first-order valence-corrected chi connectivity index (χ1v) is 4.73. The van der Waals surface area contributed by atoms with Crippen LogP contribution >= 0.6 is 0 Å². The summed E-state index contributed by atoms with van der Waals surface area (Å²) in [5.41, 5.74) is -5.00. The average Bonchev–Trinajstić information content (AvgIpc) is 2.52. The molecule has 1 unspecified atom stereocenters. The predicted octanol–water partition coefficient (Wildman–Crippen LogP) is 1.05. The van der Waals surface area contributed by atoms with Crippen LogP contribution in [-0.4, -0.2) is 28.1 Å². The molecule has 0 radical (unpaired) electrons. The van der Waals surface area contributed by atoms with Gasteiger partial charge in [-0.2, -0.15) is 13.2 Å².